The first-order valence-corrected chi connectivity index (χ1v) is 5.61. The second-order valence-corrected chi connectivity index (χ2v) is 4.16. The molecule has 0 amide bonds. The predicted octanol–water partition coefficient (Wildman–Crippen LogP) is 3.33. The van der Waals surface area contributed by atoms with Crippen LogP contribution in [0.5, 0.6) is 11.5 Å². The SMILES string of the molecule is Cc1ccc(F)c(Oc2cc(C)ncc2C(=O)O)c1. The first-order chi connectivity index (χ1) is 8.97. The lowest BCUT2D eigenvalue weighted by molar-refractivity contribution is 0.0693. The van der Waals surface area contributed by atoms with Gasteiger partial charge in [-0.3, -0.25) is 4.98 Å². The lowest BCUT2D eigenvalue weighted by atomic mass is 10.2. The van der Waals surface area contributed by atoms with Crippen LogP contribution in [0.15, 0.2) is 30.5 Å². The van der Waals surface area contributed by atoms with Crippen LogP contribution in [-0.2, 0) is 0 Å². The lowest BCUT2D eigenvalue weighted by Gasteiger charge is -2.10. The summed E-state index contributed by atoms with van der Waals surface area (Å²) in [6.45, 7) is 3.49. The molecule has 1 aromatic heterocycles. The number of carbonyl (C=O) groups is 1. The van der Waals surface area contributed by atoms with Crippen molar-refractivity contribution in [2.75, 3.05) is 0 Å². The molecule has 0 saturated carbocycles. The van der Waals surface area contributed by atoms with Gasteiger partial charge in [-0.2, -0.15) is 0 Å². The molecular weight excluding hydrogens is 249 g/mol. The van der Waals surface area contributed by atoms with Gasteiger partial charge in [0.05, 0.1) is 0 Å². The van der Waals surface area contributed by atoms with E-state index in [2.05, 4.69) is 4.98 Å². The number of nitrogens with zero attached hydrogens (tertiary/aromatic N) is 1. The monoisotopic (exact) mass is 261 g/mol. The Kier molecular flexibility index (Phi) is 3.46. The third kappa shape index (κ3) is 2.88. The molecule has 0 aliphatic rings. The number of aromatic nitrogens is 1. The average molecular weight is 261 g/mol. The maximum Gasteiger partial charge on any atom is 0.341 e. The Balaban J connectivity index is 2.45. The van der Waals surface area contributed by atoms with Crippen molar-refractivity contribution < 1.29 is 19.0 Å². The Bertz CT molecular complexity index is 641. The van der Waals surface area contributed by atoms with Gasteiger partial charge in [0.25, 0.3) is 0 Å². The standard InChI is InChI=1S/C14H12FNO3/c1-8-3-4-11(15)13(5-8)19-12-6-9(2)16-7-10(12)14(17)18/h3-7H,1-2H3,(H,17,18). The number of benzene rings is 1. The van der Waals surface area contributed by atoms with E-state index in [1.807, 2.05) is 0 Å². The van der Waals surface area contributed by atoms with E-state index in [-0.39, 0.29) is 17.1 Å². The van der Waals surface area contributed by atoms with Crippen LogP contribution in [0.2, 0.25) is 0 Å². The zero-order valence-electron chi connectivity index (χ0n) is 10.5. The second-order valence-electron chi connectivity index (χ2n) is 4.16. The molecule has 0 unspecified atom stereocenters. The minimum atomic E-state index is -1.17. The highest BCUT2D eigenvalue weighted by Crippen LogP contribution is 2.28. The molecule has 1 aromatic carbocycles. The summed E-state index contributed by atoms with van der Waals surface area (Å²) < 4.78 is 19.0. The molecule has 5 heteroatoms. The molecule has 0 bridgehead atoms. The summed E-state index contributed by atoms with van der Waals surface area (Å²) in [4.78, 5) is 14.9. The van der Waals surface area contributed by atoms with E-state index in [9.17, 15) is 9.18 Å². The molecule has 4 nitrogen and oxygen atoms in total. The molecule has 0 atom stereocenters. The van der Waals surface area contributed by atoms with Crippen LogP contribution in [0, 0.1) is 19.7 Å². The van der Waals surface area contributed by atoms with Gasteiger partial charge in [-0.25, -0.2) is 9.18 Å². The number of carboxylic acid groups (broad SMARTS) is 1. The van der Waals surface area contributed by atoms with Gasteiger partial charge in [-0.1, -0.05) is 6.07 Å². The van der Waals surface area contributed by atoms with Crippen molar-refractivity contribution in [3.63, 3.8) is 0 Å². The minimum absolute atomic E-state index is 0.00639. The van der Waals surface area contributed by atoms with E-state index in [0.29, 0.717) is 5.69 Å². The number of hydrogen-bond acceptors (Lipinski definition) is 3. The largest absolute Gasteiger partial charge is 0.477 e. The lowest BCUT2D eigenvalue weighted by Crippen LogP contribution is -2.02. The molecule has 0 spiro atoms. The van der Waals surface area contributed by atoms with Gasteiger partial charge >= 0.3 is 5.97 Å². The van der Waals surface area contributed by atoms with E-state index >= 15 is 0 Å². The van der Waals surface area contributed by atoms with Gasteiger partial charge in [0.1, 0.15) is 11.3 Å². The van der Waals surface area contributed by atoms with E-state index in [0.717, 1.165) is 5.56 Å². The van der Waals surface area contributed by atoms with Gasteiger partial charge in [0.15, 0.2) is 11.6 Å². The molecular formula is C14H12FNO3. The number of rotatable bonds is 3. The van der Waals surface area contributed by atoms with Crippen LogP contribution in [0.4, 0.5) is 4.39 Å². The number of carboxylic acids is 1. The minimum Gasteiger partial charge on any atom is -0.477 e. The number of ether oxygens (including phenoxy) is 1. The summed E-state index contributed by atoms with van der Waals surface area (Å²) in [5.74, 6) is -1.65. The van der Waals surface area contributed by atoms with Crippen LogP contribution in [-0.4, -0.2) is 16.1 Å². The average Bonchev–Trinajstić information content (AvgIpc) is 2.33. The molecule has 0 aliphatic heterocycles. The molecule has 0 saturated heterocycles. The zero-order valence-corrected chi connectivity index (χ0v) is 10.5. The first-order valence-electron chi connectivity index (χ1n) is 5.61. The predicted molar refractivity (Wildman–Crippen MR) is 67.1 cm³/mol. The molecule has 2 aromatic rings. The van der Waals surface area contributed by atoms with Gasteiger partial charge < -0.3 is 9.84 Å². The van der Waals surface area contributed by atoms with E-state index < -0.39 is 11.8 Å². The van der Waals surface area contributed by atoms with Gasteiger partial charge in [0.2, 0.25) is 0 Å². The van der Waals surface area contributed by atoms with Crippen molar-refractivity contribution >= 4 is 5.97 Å². The van der Waals surface area contributed by atoms with E-state index in [1.54, 1.807) is 19.9 Å². The van der Waals surface area contributed by atoms with Crippen LogP contribution in [0.3, 0.4) is 0 Å². The molecule has 2 rings (SSSR count). The quantitative estimate of drug-likeness (QED) is 0.920. The molecule has 19 heavy (non-hydrogen) atoms. The Hall–Kier alpha value is -2.43. The van der Waals surface area contributed by atoms with Crippen molar-refractivity contribution in [3.05, 3.63) is 53.1 Å². The summed E-state index contributed by atoms with van der Waals surface area (Å²) in [6, 6.07) is 5.86. The third-order valence-electron chi connectivity index (χ3n) is 2.54. The fourth-order valence-corrected chi connectivity index (χ4v) is 1.59. The van der Waals surface area contributed by atoms with Crippen LogP contribution < -0.4 is 4.74 Å². The fourth-order valence-electron chi connectivity index (χ4n) is 1.59. The fraction of sp³-hybridized carbons (Fsp3) is 0.143. The highest BCUT2D eigenvalue weighted by molar-refractivity contribution is 5.90. The Morgan fingerprint density at radius 2 is 2.00 bits per heavy atom. The Labute approximate surface area is 109 Å². The zero-order chi connectivity index (χ0) is 14.0. The second kappa shape index (κ2) is 5.06. The highest BCUT2D eigenvalue weighted by Gasteiger charge is 2.14. The Morgan fingerprint density at radius 1 is 1.26 bits per heavy atom. The molecule has 0 aliphatic carbocycles. The van der Waals surface area contributed by atoms with E-state index in [4.69, 9.17) is 9.84 Å². The number of hydrogen-bond donors (Lipinski definition) is 1. The van der Waals surface area contributed by atoms with Crippen molar-refractivity contribution in [1.82, 2.24) is 4.98 Å². The number of pyridine rings is 1. The van der Waals surface area contributed by atoms with Crippen molar-refractivity contribution in [2.45, 2.75) is 13.8 Å². The summed E-state index contributed by atoms with van der Waals surface area (Å²) in [5.41, 5.74) is 1.30. The number of aryl methyl sites for hydroxylation is 2. The van der Waals surface area contributed by atoms with Crippen molar-refractivity contribution in [2.24, 2.45) is 0 Å². The normalized spacial score (nSPS) is 10.3. The van der Waals surface area contributed by atoms with Gasteiger partial charge in [0, 0.05) is 18.0 Å². The first kappa shape index (κ1) is 13.0. The van der Waals surface area contributed by atoms with E-state index in [1.165, 1.54) is 24.4 Å². The van der Waals surface area contributed by atoms with Crippen molar-refractivity contribution in [3.8, 4) is 11.5 Å². The van der Waals surface area contributed by atoms with Crippen molar-refractivity contribution in [1.29, 1.82) is 0 Å². The molecule has 98 valence electrons. The molecule has 0 fully saturated rings. The molecule has 1 N–H and O–H groups in total. The summed E-state index contributed by atoms with van der Waals surface area (Å²) in [7, 11) is 0. The maximum absolute atomic E-state index is 13.6. The number of halogens is 1. The smallest absolute Gasteiger partial charge is 0.341 e. The van der Waals surface area contributed by atoms with Gasteiger partial charge in [-0.05, 0) is 31.5 Å². The van der Waals surface area contributed by atoms with Crippen LogP contribution in [0.1, 0.15) is 21.6 Å². The summed E-state index contributed by atoms with van der Waals surface area (Å²) >= 11 is 0. The summed E-state index contributed by atoms with van der Waals surface area (Å²) in [6.07, 6.45) is 1.20. The molecule has 1 heterocycles. The number of aromatic carboxylic acids is 1. The van der Waals surface area contributed by atoms with Crippen LogP contribution in [0.25, 0.3) is 0 Å². The Morgan fingerprint density at radius 3 is 2.68 bits per heavy atom. The third-order valence-corrected chi connectivity index (χ3v) is 2.54. The topological polar surface area (TPSA) is 59.4 Å². The molecule has 0 radical (unpaired) electrons. The van der Waals surface area contributed by atoms with Gasteiger partial charge in [-0.15, -0.1) is 0 Å². The van der Waals surface area contributed by atoms with Crippen LogP contribution >= 0.6 is 0 Å². The summed E-state index contributed by atoms with van der Waals surface area (Å²) in [5, 5.41) is 9.04. The maximum atomic E-state index is 13.6. The highest BCUT2D eigenvalue weighted by atomic mass is 19.1.